The number of amides is 2. The molecule has 0 radical (unpaired) electrons. The first-order valence-electron chi connectivity index (χ1n) is 18.3. The van der Waals surface area contributed by atoms with Crippen molar-refractivity contribution in [3.05, 3.63) is 82.9 Å². The highest BCUT2D eigenvalue weighted by Crippen LogP contribution is 2.37. The van der Waals surface area contributed by atoms with Gasteiger partial charge in [0.15, 0.2) is 37.0 Å². The number of hydrogen-bond donors (Lipinski definition) is 1. The number of aliphatic hydroxyl groups excluding tert-OH is 1. The van der Waals surface area contributed by atoms with E-state index >= 15 is 0 Å². The Balaban J connectivity index is 1.57. The van der Waals surface area contributed by atoms with Crippen LogP contribution in [0.15, 0.2) is 71.8 Å². The molecule has 312 valence electrons. The third-order valence-corrected chi connectivity index (χ3v) is 9.45. The molecule has 1 N–H and O–H groups in total. The van der Waals surface area contributed by atoms with Gasteiger partial charge in [-0.25, -0.2) is 4.79 Å². The maximum absolute atomic E-state index is 13.5. The number of rotatable bonds is 14. The van der Waals surface area contributed by atoms with Crippen LogP contribution in [0.3, 0.4) is 0 Å². The molecule has 3 heterocycles. The molecule has 2 amide bonds. The van der Waals surface area contributed by atoms with E-state index in [0.29, 0.717) is 4.90 Å². The van der Waals surface area contributed by atoms with E-state index < -0.39 is 110 Å². The summed E-state index contributed by atoms with van der Waals surface area (Å²) in [4.78, 5) is 91.1. The molecule has 2 aromatic rings. The Kier molecular flexibility index (Phi) is 14.5. The van der Waals surface area contributed by atoms with E-state index in [-0.39, 0.29) is 29.9 Å². The zero-order valence-corrected chi connectivity index (χ0v) is 32.6. The van der Waals surface area contributed by atoms with Crippen LogP contribution in [0, 0.1) is 0 Å². The van der Waals surface area contributed by atoms with E-state index in [9.17, 15) is 38.7 Å². The molecule has 3 aliphatic heterocycles. The molecule has 18 heteroatoms. The van der Waals surface area contributed by atoms with Gasteiger partial charge in [-0.3, -0.25) is 33.7 Å². The smallest absolute Gasteiger partial charge is 0.338 e. The predicted octanol–water partition coefficient (Wildman–Crippen LogP) is 1.69. The topological polar surface area (TPSA) is 226 Å². The van der Waals surface area contributed by atoms with Crippen LogP contribution >= 0.6 is 0 Å². The van der Waals surface area contributed by atoms with Crippen molar-refractivity contribution < 1.29 is 81.3 Å². The fourth-order valence-corrected chi connectivity index (χ4v) is 6.79. The molecule has 0 saturated carbocycles. The minimum Gasteiger partial charge on any atom is -0.459 e. The van der Waals surface area contributed by atoms with Gasteiger partial charge in [-0.2, -0.15) is 0 Å². The van der Waals surface area contributed by atoms with E-state index in [4.69, 9.17) is 42.6 Å². The first kappa shape index (κ1) is 43.6. The van der Waals surface area contributed by atoms with Crippen molar-refractivity contribution in [3.63, 3.8) is 0 Å². The van der Waals surface area contributed by atoms with E-state index in [1.54, 1.807) is 42.5 Å². The Hall–Kier alpha value is -5.53. The summed E-state index contributed by atoms with van der Waals surface area (Å²) in [5.41, 5.74) is 1.04. The zero-order valence-electron chi connectivity index (χ0n) is 32.6. The van der Waals surface area contributed by atoms with Crippen LogP contribution in [0.5, 0.6) is 0 Å². The van der Waals surface area contributed by atoms with E-state index in [0.717, 1.165) is 33.3 Å². The number of hydrogen-bond acceptors (Lipinski definition) is 17. The molecule has 0 bridgehead atoms. The molecular weight excluding hydrogens is 766 g/mol. The van der Waals surface area contributed by atoms with Crippen LogP contribution in [0.4, 0.5) is 0 Å². The molecule has 10 atom stereocenters. The normalized spacial score (nSPS) is 28.4. The summed E-state index contributed by atoms with van der Waals surface area (Å²) in [7, 11) is 0. The van der Waals surface area contributed by atoms with Crippen LogP contribution in [-0.2, 0) is 78.0 Å². The lowest BCUT2D eigenvalue weighted by molar-refractivity contribution is -0.351. The highest BCUT2D eigenvalue weighted by molar-refractivity contribution is 6.19. The summed E-state index contributed by atoms with van der Waals surface area (Å²) in [6.07, 6.45) is -14.9. The Labute approximate surface area is 333 Å². The number of esters is 5. The Morgan fingerprint density at radius 2 is 1.14 bits per heavy atom. The second-order valence-corrected chi connectivity index (χ2v) is 13.7. The molecule has 2 saturated heterocycles. The summed E-state index contributed by atoms with van der Waals surface area (Å²) in [5, 5.41) is 11.5. The SMILES string of the molecule is CC(=O)O[C@H]1[C@@H](OC(C)=O)[C@@H](COCc2ccccc2)O[C@@H](O[C@H]2[C@H](OC(C)=O)[C@@H](N3C(=O)C(C)=C(C)C3=O)[C@H](O)O[C@@H]2COC(=O)c2ccccc2)[C@@H]1OC(C)=O. The highest BCUT2D eigenvalue weighted by atomic mass is 16.8. The van der Waals surface area contributed by atoms with E-state index in [1.807, 2.05) is 6.07 Å². The highest BCUT2D eigenvalue weighted by Gasteiger charge is 2.59. The molecular formula is C40H45NO17. The van der Waals surface area contributed by atoms with E-state index in [1.165, 1.54) is 26.0 Å². The number of nitrogens with zero attached hydrogens (tertiary/aromatic N) is 1. The second kappa shape index (κ2) is 19.3. The summed E-state index contributed by atoms with van der Waals surface area (Å²) in [6.45, 7) is 6.13. The Morgan fingerprint density at radius 1 is 0.638 bits per heavy atom. The van der Waals surface area contributed by atoms with Gasteiger partial charge in [0, 0.05) is 38.8 Å². The molecule has 3 aliphatic rings. The van der Waals surface area contributed by atoms with Crippen molar-refractivity contribution in [2.75, 3.05) is 13.2 Å². The standard InChI is InChI=1S/C40H45NO17/c1-20-21(2)37(47)41(36(20)46)30-33(53-23(4)43)31(29(56-39(30)49)19-51-38(48)27-15-11-8-12-16-27)58-40-35(55-25(6)45)34(54-24(5)44)32(52-22(3)42)28(57-40)18-50-17-26-13-9-7-10-14-26/h7-16,28-35,39-40,49H,17-19H2,1-6H3/t28-,29-,30-,31-,32+,33-,34+,35-,39-,40+/m1/s1. The predicted molar refractivity (Wildman–Crippen MR) is 193 cm³/mol. The van der Waals surface area contributed by atoms with Crippen LogP contribution < -0.4 is 0 Å². The average Bonchev–Trinajstić information content (AvgIpc) is 3.35. The Morgan fingerprint density at radius 3 is 1.71 bits per heavy atom. The van der Waals surface area contributed by atoms with Crippen molar-refractivity contribution in [1.82, 2.24) is 4.90 Å². The number of aliphatic hydroxyl groups is 1. The zero-order chi connectivity index (χ0) is 42.3. The molecule has 0 spiro atoms. The Bertz CT molecular complexity index is 1860. The van der Waals surface area contributed by atoms with Gasteiger partial charge in [-0.1, -0.05) is 48.5 Å². The maximum atomic E-state index is 13.5. The monoisotopic (exact) mass is 811 g/mol. The first-order valence-corrected chi connectivity index (χ1v) is 18.3. The summed E-state index contributed by atoms with van der Waals surface area (Å²) < 4.78 is 52.7. The number of benzene rings is 2. The van der Waals surface area contributed by atoms with Crippen LogP contribution in [-0.4, -0.2) is 126 Å². The van der Waals surface area contributed by atoms with Crippen molar-refractivity contribution >= 4 is 41.7 Å². The minimum absolute atomic E-state index is 0.0553. The number of carbonyl (C=O) groups is 7. The lowest BCUT2D eigenvalue weighted by atomic mass is 9.94. The quantitative estimate of drug-likeness (QED) is 0.163. The van der Waals surface area contributed by atoms with E-state index in [2.05, 4.69) is 0 Å². The average molecular weight is 812 g/mol. The molecule has 0 aromatic heterocycles. The van der Waals surface area contributed by atoms with Crippen LogP contribution in [0.1, 0.15) is 57.5 Å². The molecule has 0 unspecified atom stereocenters. The second-order valence-electron chi connectivity index (χ2n) is 13.7. The summed E-state index contributed by atoms with van der Waals surface area (Å²) >= 11 is 0. The van der Waals surface area contributed by atoms with Crippen LogP contribution in [0.2, 0.25) is 0 Å². The van der Waals surface area contributed by atoms with Gasteiger partial charge >= 0.3 is 29.8 Å². The first-order chi connectivity index (χ1) is 27.6. The molecule has 18 nitrogen and oxygen atoms in total. The fraction of sp³-hybridized carbons (Fsp3) is 0.475. The molecule has 2 fully saturated rings. The number of carbonyl (C=O) groups excluding carboxylic acids is 7. The van der Waals surface area contributed by atoms with Crippen molar-refractivity contribution in [3.8, 4) is 0 Å². The third-order valence-electron chi connectivity index (χ3n) is 9.45. The lowest BCUT2D eigenvalue weighted by Gasteiger charge is -2.49. The number of imide groups is 1. The summed E-state index contributed by atoms with van der Waals surface area (Å²) in [6, 6.07) is 15.1. The van der Waals surface area contributed by atoms with Gasteiger partial charge in [-0.15, -0.1) is 0 Å². The molecule has 58 heavy (non-hydrogen) atoms. The minimum atomic E-state index is -2.03. The van der Waals surface area contributed by atoms with Gasteiger partial charge in [0.1, 0.15) is 31.0 Å². The molecule has 5 rings (SSSR count). The third kappa shape index (κ3) is 10.3. The van der Waals surface area contributed by atoms with Gasteiger partial charge in [0.05, 0.1) is 18.8 Å². The van der Waals surface area contributed by atoms with Crippen molar-refractivity contribution in [2.45, 2.75) is 109 Å². The number of ether oxygens (including phenoxy) is 9. The van der Waals surface area contributed by atoms with Gasteiger partial charge < -0.3 is 47.7 Å². The van der Waals surface area contributed by atoms with Crippen LogP contribution in [0.25, 0.3) is 0 Å². The maximum Gasteiger partial charge on any atom is 0.338 e. The lowest BCUT2D eigenvalue weighted by Crippen LogP contribution is -2.69. The van der Waals surface area contributed by atoms with Gasteiger partial charge in [0.25, 0.3) is 11.8 Å². The fourth-order valence-electron chi connectivity index (χ4n) is 6.79. The van der Waals surface area contributed by atoms with Gasteiger partial charge in [-0.05, 0) is 31.5 Å². The molecule has 2 aromatic carbocycles. The molecule has 0 aliphatic carbocycles. The van der Waals surface area contributed by atoms with Gasteiger partial charge in [0.2, 0.25) is 0 Å². The van der Waals surface area contributed by atoms with Crippen molar-refractivity contribution in [1.29, 1.82) is 0 Å². The van der Waals surface area contributed by atoms with Crippen molar-refractivity contribution in [2.24, 2.45) is 0 Å². The largest absolute Gasteiger partial charge is 0.459 e. The summed E-state index contributed by atoms with van der Waals surface area (Å²) in [5.74, 6) is -6.00.